The molecule has 2 atom stereocenters. The number of aromatic nitrogens is 2. The predicted molar refractivity (Wildman–Crippen MR) is 80.5 cm³/mol. The minimum atomic E-state index is -0.182. The molecule has 0 aliphatic heterocycles. The molecule has 1 aromatic carbocycles. The van der Waals surface area contributed by atoms with Crippen molar-refractivity contribution in [1.82, 2.24) is 9.97 Å². The Labute approximate surface area is 119 Å². The van der Waals surface area contributed by atoms with Crippen LogP contribution in [0.15, 0.2) is 21.4 Å². The molecule has 1 aliphatic carbocycles. The Morgan fingerprint density at radius 3 is 2.74 bits per heavy atom. The predicted octanol–water partition coefficient (Wildman–Crippen LogP) is 2.30. The van der Waals surface area contributed by atoms with Crippen molar-refractivity contribution in [2.24, 2.45) is 5.73 Å². The van der Waals surface area contributed by atoms with Crippen LogP contribution in [0, 0.1) is 0 Å². The molecule has 3 rings (SSSR count). The molecule has 1 aromatic heterocycles. The summed E-state index contributed by atoms with van der Waals surface area (Å²) < 4.78 is 0.953. The third-order valence-electron chi connectivity index (χ3n) is 3.68. The monoisotopic (exact) mass is 324 g/mol. The van der Waals surface area contributed by atoms with Crippen molar-refractivity contribution in [2.45, 2.75) is 37.8 Å². The summed E-state index contributed by atoms with van der Waals surface area (Å²) in [5, 5.41) is 3.52. The number of nitrogens with two attached hydrogens (primary N) is 1. The van der Waals surface area contributed by atoms with Gasteiger partial charge in [0.25, 0.3) is 0 Å². The van der Waals surface area contributed by atoms with E-state index in [-0.39, 0.29) is 5.69 Å². The lowest BCUT2D eigenvalue weighted by molar-refractivity contribution is 0.409. The molecule has 1 heterocycles. The zero-order chi connectivity index (χ0) is 13.4. The number of benzene rings is 1. The standard InChI is InChI=1S/C13H17BrN4O/c14-9-5-11-12(18-13(19)17-11)6-10(9)16-8-3-1-2-7(15)4-8/h5-8,16H,1-4,15H2,(H2,17,18,19). The second kappa shape index (κ2) is 5.02. The minimum absolute atomic E-state index is 0.182. The highest BCUT2D eigenvalue weighted by Crippen LogP contribution is 2.29. The lowest BCUT2D eigenvalue weighted by Crippen LogP contribution is -2.34. The maximum Gasteiger partial charge on any atom is 0.323 e. The highest BCUT2D eigenvalue weighted by atomic mass is 79.9. The van der Waals surface area contributed by atoms with Crippen LogP contribution in [-0.4, -0.2) is 22.1 Å². The summed E-state index contributed by atoms with van der Waals surface area (Å²) in [5.41, 5.74) is 8.45. The van der Waals surface area contributed by atoms with Crippen LogP contribution in [0.4, 0.5) is 5.69 Å². The summed E-state index contributed by atoms with van der Waals surface area (Å²) in [5.74, 6) is 0. The van der Waals surface area contributed by atoms with E-state index in [1.807, 2.05) is 12.1 Å². The van der Waals surface area contributed by atoms with Gasteiger partial charge in [-0.15, -0.1) is 0 Å². The third-order valence-corrected chi connectivity index (χ3v) is 4.33. The summed E-state index contributed by atoms with van der Waals surface area (Å²) in [6.07, 6.45) is 4.42. The molecule has 102 valence electrons. The van der Waals surface area contributed by atoms with Gasteiger partial charge in [0.2, 0.25) is 0 Å². The van der Waals surface area contributed by atoms with Crippen LogP contribution in [0.25, 0.3) is 11.0 Å². The molecule has 0 saturated heterocycles. The Morgan fingerprint density at radius 1 is 1.26 bits per heavy atom. The first-order valence-corrected chi connectivity index (χ1v) is 7.35. The molecule has 1 fully saturated rings. The van der Waals surface area contributed by atoms with Crippen molar-refractivity contribution < 1.29 is 0 Å². The molecule has 6 heteroatoms. The van der Waals surface area contributed by atoms with Gasteiger partial charge in [-0.3, -0.25) is 0 Å². The highest BCUT2D eigenvalue weighted by Gasteiger charge is 2.19. The molecule has 0 spiro atoms. The van der Waals surface area contributed by atoms with E-state index < -0.39 is 0 Å². The second-order valence-corrected chi connectivity index (χ2v) is 6.08. The highest BCUT2D eigenvalue weighted by molar-refractivity contribution is 9.10. The fourth-order valence-electron chi connectivity index (χ4n) is 2.75. The van der Waals surface area contributed by atoms with Gasteiger partial charge in [0.1, 0.15) is 0 Å². The van der Waals surface area contributed by atoms with Crippen molar-refractivity contribution in [3.05, 3.63) is 27.1 Å². The van der Waals surface area contributed by atoms with E-state index in [2.05, 4.69) is 31.2 Å². The first-order valence-electron chi connectivity index (χ1n) is 6.55. The van der Waals surface area contributed by atoms with Crippen LogP contribution in [0.1, 0.15) is 25.7 Å². The number of halogens is 1. The van der Waals surface area contributed by atoms with Crippen LogP contribution < -0.4 is 16.7 Å². The Hall–Kier alpha value is -1.27. The lowest BCUT2D eigenvalue weighted by atomic mass is 9.91. The molecule has 0 radical (unpaired) electrons. The van der Waals surface area contributed by atoms with Gasteiger partial charge >= 0.3 is 5.69 Å². The average Bonchev–Trinajstić information content (AvgIpc) is 2.69. The Kier molecular flexibility index (Phi) is 3.36. The smallest absolute Gasteiger partial charge is 0.323 e. The van der Waals surface area contributed by atoms with Gasteiger partial charge in [-0.2, -0.15) is 0 Å². The number of imidazole rings is 1. The number of hydrogen-bond donors (Lipinski definition) is 4. The lowest BCUT2D eigenvalue weighted by Gasteiger charge is -2.28. The summed E-state index contributed by atoms with van der Waals surface area (Å²) in [7, 11) is 0. The van der Waals surface area contributed by atoms with E-state index >= 15 is 0 Å². The number of aromatic amines is 2. The number of anilines is 1. The molecule has 1 saturated carbocycles. The van der Waals surface area contributed by atoms with Gasteiger partial charge in [0.05, 0.1) is 16.7 Å². The van der Waals surface area contributed by atoms with Crippen molar-refractivity contribution in [3.8, 4) is 0 Å². The van der Waals surface area contributed by atoms with Gasteiger partial charge < -0.3 is 21.0 Å². The molecule has 0 amide bonds. The molecule has 2 unspecified atom stereocenters. The van der Waals surface area contributed by atoms with Crippen molar-refractivity contribution >= 4 is 32.7 Å². The topological polar surface area (TPSA) is 86.7 Å². The molecule has 5 N–H and O–H groups in total. The molecular weight excluding hydrogens is 308 g/mol. The van der Waals surface area contributed by atoms with Crippen LogP contribution in [0.5, 0.6) is 0 Å². The van der Waals surface area contributed by atoms with Gasteiger partial charge in [0.15, 0.2) is 0 Å². The first-order chi connectivity index (χ1) is 9.11. The molecule has 5 nitrogen and oxygen atoms in total. The largest absolute Gasteiger partial charge is 0.381 e. The van der Waals surface area contributed by atoms with Crippen molar-refractivity contribution in [1.29, 1.82) is 0 Å². The average molecular weight is 325 g/mol. The fraction of sp³-hybridized carbons (Fsp3) is 0.462. The maximum atomic E-state index is 11.3. The van der Waals surface area contributed by atoms with E-state index in [9.17, 15) is 4.79 Å². The van der Waals surface area contributed by atoms with Crippen LogP contribution in [-0.2, 0) is 0 Å². The van der Waals surface area contributed by atoms with E-state index in [1.54, 1.807) is 0 Å². The van der Waals surface area contributed by atoms with Crippen LogP contribution in [0.2, 0.25) is 0 Å². The van der Waals surface area contributed by atoms with Crippen molar-refractivity contribution in [2.75, 3.05) is 5.32 Å². The van der Waals surface area contributed by atoms with Crippen molar-refractivity contribution in [3.63, 3.8) is 0 Å². The molecular formula is C13H17BrN4O. The molecule has 0 bridgehead atoms. The van der Waals surface area contributed by atoms with Gasteiger partial charge in [0, 0.05) is 16.6 Å². The summed E-state index contributed by atoms with van der Waals surface area (Å²) in [6, 6.07) is 4.57. The first kappa shape index (κ1) is 12.7. The van der Waals surface area contributed by atoms with E-state index in [1.165, 1.54) is 6.42 Å². The summed E-state index contributed by atoms with van der Waals surface area (Å²) in [4.78, 5) is 16.8. The fourth-order valence-corrected chi connectivity index (χ4v) is 3.20. The Bertz CT molecular complexity index is 648. The zero-order valence-corrected chi connectivity index (χ0v) is 12.1. The molecule has 2 aromatic rings. The maximum absolute atomic E-state index is 11.3. The second-order valence-electron chi connectivity index (χ2n) is 5.22. The van der Waals surface area contributed by atoms with E-state index in [4.69, 9.17) is 5.73 Å². The zero-order valence-electron chi connectivity index (χ0n) is 10.5. The SMILES string of the molecule is NC1CCCC(Nc2cc3[nH]c(=O)[nH]c3cc2Br)C1. The Balaban J connectivity index is 1.87. The number of hydrogen-bond acceptors (Lipinski definition) is 3. The summed E-state index contributed by atoms with van der Waals surface area (Å²) in [6.45, 7) is 0. The van der Waals surface area contributed by atoms with E-state index in [0.29, 0.717) is 12.1 Å². The molecule has 19 heavy (non-hydrogen) atoms. The number of fused-ring (bicyclic) bond motifs is 1. The van der Waals surface area contributed by atoms with Gasteiger partial charge in [-0.25, -0.2) is 4.79 Å². The minimum Gasteiger partial charge on any atom is -0.381 e. The van der Waals surface area contributed by atoms with E-state index in [0.717, 1.165) is 40.5 Å². The number of nitrogens with one attached hydrogen (secondary N) is 3. The normalized spacial score (nSPS) is 23.7. The number of H-pyrrole nitrogens is 2. The number of rotatable bonds is 2. The summed E-state index contributed by atoms with van der Waals surface area (Å²) >= 11 is 3.54. The Morgan fingerprint density at radius 2 is 2.00 bits per heavy atom. The third kappa shape index (κ3) is 2.69. The van der Waals surface area contributed by atoms with Crippen LogP contribution in [0.3, 0.4) is 0 Å². The van der Waals surface area contributed by atoms with Gasteiger partial charge in [-0.1, -0.05) is 0 Å². The quantitative estimate of drug-likeness (QED) is 0.683. The van der Waals surface area contributed by atoms with Gasteiger partial charge in [-0.05, 0) is 53.7 Å². The molecule has 1 aliphatic rings. The van der Waals surface area contributed by atoms with Crippen LogP contribution >= 0.6 is 15.9 Å².